The van der Waals surface area contributed by atoms with Gasteiger partial charge in [-0.3, -0.25) is 9.69 Å². The highest BCUT2D eigenvalue weighted by Gasteiger charge is 2.55. The predicted octanol–water partition coefficient (Wildman–Crippen LogP) is 1.05. The Kier molecular flexibility index (Phi) is 3.22. The molecule has 0 aromatic carbocycles. The normalized spacial score (nSPS) is 38.6. The van der Waals surface area contributed by atoms with Crippen molar-refractivity contribution in [3.8, 4) is 0 Å². The Labute approximate surface area is 96.9 Å². The van der Waals surface area contributed by atoms with E-state index in [0.29, 0.717) is 13.2 Å². The van der Waals surface area contributed by atoms with Gasteiger partial charge in [-0.15, -0.1) is 0 Å². The molecule has 0 aliphatic carbocycles. The lowest BCUT2D eigenvalue weighted by molar-refractivity contribution is -0.154. The number of nitrogens with zero attached hydrogens (tertiary/aromatic N) is 1. The van der Waals surface area contributed by atoms with Crippen LogP contribution in [0.25, 0.3) is 0 Å². The van der Waals surface area contributed by atoms with Gasteiger partial charge < -0.3 is 9.47 Å². The van der Waals surface area contributed by atoms with E-state index in [1.807, 2.05) is 6.92 Å². The van der Waals surface area contributed by atoms with E-state index in [9.17, 15) is 4.79 Å². The van der Waals surface area contributed by atoms with Gasteiger partial charge in [0.1, 0.15) is 11.6 Å². The minimum absolute atomic E-state index is 0.0679. The third-order valence-electron chi connectivity index (χ3n) is 3.99. The minimum atomic E-state index is -0.303. The minimum Gasteiger partial charge on any atom is -0.458 e. The van der Waals surface area contributed by atoms with Gasteiger partial charge in [-0.05, 0) is 20.0 Å². The summed E-state index contributed by atoms with van der Waals surface area (Å²) in [5.41, 5.74) is -0.303. The Morgan fingerprint density at radius 1 is 1.44 bits per heavy atom. The van der Waals surface area contributed by atoms with Crippen LogP contribution in [-0.4, -0.2) is 48.8 Å². The molecule has 3 atom stereocenters. The molecule has 0 aromatic rings. The lowest BCUT2D eigenvalue weighted by atomic mass is 9.82. The van der Waals surface area contributed by atoms with Crippen molar-refractivity contribution in [2.45, 2.75) is 38.8 Å². The quantitative estimate of drug-likeness (QED) is 0.676. The van der Waals surface area contributed by atoms with Crippen LogP contribution in [-0.2, 0) is 14.3 Å². The first kappa shape index (κ1) is 11.9. The molecule has 2 aliphatic rings. The van der Waals surface area contributed by atoms with E-state index in [2.05, 4.69) is 18.7 Å². The molecule has 0 radical (unpaired) electrons. The van der Waals surface area contributed by atoms with Crippen LogP contribution in [0.4, 0.5) is 0 Å². The van der Waals surface area contributed by atoms with Crippen molar-refractivity contribution in [2.24, 2.45) is 5.92 Å². The fraction of sp³-hybridized carbons (Fsp3) is 0.917. The summed E-state index contributed by atoms with van der Waals surface area (Å²) in [6.07, 6.45) is 0.821. The van der Waals surface area contributed by atoms with Crippen molar-refractivity contribution in [1.82, 2.24) is 4.90 Å². The highest BCUT2D eigenvalue weighted by molar-refractivity contribution is 5.79. The third kappa shape index (κ3) is 1.74. The monoisotopic (exact) mass is 227 g/mol. The molecule has 0 aromatic heterocycles. The van der Waals surface area contributed by atoms with Gasteiger partial charge in [0.2, 0.25) is 0 Å². The SMILES string of the molecule is CCN(CC)[C@H]1C(=O)O[C@@]2(C)CCOC[C@H]12. The lowest BCUT2D eigenvalue weighted by Gasteiger charge is -2.37. The summed E-state index contributed by atoms with van der Waals surface area (Å²) >= 11 is 0. The van der Waals surface area contributed by atoms with Crippen LogP contribution in [0.3, 0.4) is 0 Å². The van der Waals surface area contributed by atoms with Gasteiger partial charge in [0.25, 0.3) is 0 Å². The van der Waals surface area contributed by atoms with Gasteiger partial charge >= 0.3 is 5.97 Å². The van der Waals surface area contributed by atoms with Crippen LogP contribution >= 0.6 is 0 Å². The van der Waals surface area contributed by atoms with Gasteiger partial charge in [0, 0.05) is 12.3 Å². The maximum atomic E-state index is 12.0. The van der Waals surface area contributed by atoms with Crippen molar-refractivity contribution in [3.63, 3.8) is 0 Å². The van der Waals surface area contributed by atoms with E-state index in [4.69, 9.17) is 9.47 Å². The van der Waals surface area contributed by atoms with Gasteiger partial charge in [0.05, 0.1) is 13.2 Å². The number of fused-ring (bicyclic) bond motifs is 1. The smallest absolute Gasteiger partial charge is 0.324 e. The lowest BCUT2D eigenvalue weighted by Crippen LogP contribution is -2.49. The van der Waals surface area contributed by atoms with Crippen molar-refractivity contribution in [2.75, 3.05) is 26.3 Å². The summed E-state index contributed by atoms with van der Waals surface area (Å²) in [5.74, 6) is 0.121. The van der Waals surface area contributed by atoms with Crippen LogP contribution < -0.4 is 0 Å². The zero-order valence-corrected chi connectivity index (χ0v) is 10.4. The highest BCUT2D eigenvalue weighted by atomic mass is 16.6. The van der Waals surface area contributed by atoms with E-state index in [1.165, 1.54) is 0 Å². The number of likely N-dealkylation sites (N-methyl/N-ethyl adjacent to an activating group) is 1. The number of carbonyl (C=O) groups excluding carboxylic acids is 1. The van der Waals surface area contributed by atoms with E-state index >= 15 is 0 Å². The molecule has 16 heavy (non-hydrogen) atoms. The van der Waals surface area contributed by atoms with Gasteiger partial charge in [-0.1, -0.05) is 13.8 Å². The molecule has 2 fully saturated rings. The van der Waals surface area contributed by atoms with Crippen LogP contribution in [0.1, 0.15) is 27.2 Å². The molecule has 2 saturated heterocycles. The molecule has 92 valence electrons. The van der Waals surface area contributed by atoms with Crippen LogP contribution in [0.5, 0.6) is 0 Å². The van der Waals surface area contributed by atoms with Crippen molar-refractivity contribution < 1.29 is 14.3 Å². The maximum Gasteiger partial charge on any atom is 0.324 e. The van der Waals surface area contributed by atoms with Crippen LogP contribution in [0.2, 0.25) is 0 Å². The number of esters is 1. The molecule has 0 unspecified atom stereocenters. The molecule has 4 nitrogen and oxygen atoms in total. The Hall–Kier alpha value is -0.610. The molecule has 2 heterocycles. The van der Waals surface area contributed by atoms with E-state index in [-0.39, 0.29) is 23.5 Å². The molecule has 0 amide bonds. The summed E-state index contributed by atoms with van der Waals surface area (Å²) < 4.78 is 11.1. The fourth-order valence-corrected chi connectivity index (χ4v) is 2.87. The molecular formula is C12H21NO3. The summed E-state index contributed by atoms with van der Waals surface area (Å²) in [7, 11) is 0. The summed E-state index contributed by atoms with van der Waals surface area (Å²) in [6, 6.07) is -0.111. The fourth-order valence-electron chi connectivity index (χ4n) is 2.87. The van der Waals surface area contributed by atoms with Crippen molar-refractivity contribution in [3.05, 3.63) is 0 Å². The molecule has 0 N–H and O–H groups in total. The summed E-state index contributed by atoms with van der Waals surface area (Å²) in [4.78, 5) is 14.2. The van der Waals surface area contributed by atoms with Crippen LogP contribution in [0, 0.1) is 5.92 Å². The Morgan fingerprint density at radius 3 is 2.75 bits per heavy atom. The van der Waals surface area contributed by atoms with Gasteiger partial charge in [-0.25, -0.2) is 0 Å². The molecule has 2 aliphatic heterocycles. The van der Waals surface area contributed by atoms with E-state index < -0.39 is 0 Å². The summed E-state index contributed by atoms with van der Waals surface area (Å²) in [5, 5.41) is 0. The second-order valence-corrected chi connectivity index (χ2v) is 4.83. The van der Waals surface area contributed by atoms with Crippen molar-refractivity contribution in [1.29, 1.82) is 0 Å². The first-order valence-electron chi connectivity index (χ1n) is 6.17. The second kappa shape index (κ2) is 4.34. The standard InChI is InChI=1S/C12H21NO3/c1-4-13(5-2)10-9-8-15-7-6-12(9,3)16-11(10)14/h9-10H,4-8H2,1-3H3/t9-,10-,12+/m1/s1. The Bertz CT molecular complexity index is 277. The topological polar surface area (TPSA) is 38.8 Å². The van der Waals surface area contributed by atoms with Gasteiger partial charge in [-0.2, -0.15) is 0 Å². The van der Waals surface area contributed by atoms with Crippen LogP contribution in [0.15, 0.2) is 0 Å². The zero-order valence-electron chi connectivity index (χ0n) is 10.4. The maximum absolute atomic E-state index is 12.0. The number of rotatable bonds is 3. The molecular weight excluding hydrogens is 206 g/mol. The molecule has 0 bridgehead atoms. The number of hydrogen-bond acceptors (Lipinski definition) is 4. The first-order valence-corrected chi connectivity index (χ1v) is 6.17. The predicted molar refractivity (Wildman–Crippen MR) is 60.1 cm³/mol. The molecule has 0 saturated carbocycles. The molecule has 4 heteroatoms. The summed E-state index contributed by atoms with van der Waals surface area (Å²) in [6.45, 7) is 9.30. The van der Waals surface area contributed by atoms with Crippen molar-refractivity contribution >= 4 is 5.97 Å². The average Bonchev–Trinajstić information content (AvgIpc) is 2.52. The number of ether oxygens (including phenoxy) is 2. The van der Waals surface area contributed by atoms with Gasteiger partial charge in [0.15, 0.2) is 0 Å². The number of hydrogen-bond donors (Lipinski definition) is 0. The Balaban J connectivity index is 2.21. The average molecular weight is 227 g/mol. The highest BCUT2D eigenvalue weighted by Crippen LogP contribution is 2.40. The Morgan fingerprint density at radius 2 is 2.12 bits per heavy atom. The second-order valence-electron chi connectivity index (χ2n) is 4.83. The molecule has 2 rings (SSSR count). The van der Waals surface area contributed by atoms with E-state index in [1.54, 1.807) is 0 Å². The van der Waals surface area contributed by atoms with E-state index in [0.717, 1.165) is 19.5 Å². The largest absolute Gasteiger partial charge is 0.458 e. The molecule has 0 spiro atoms. The third-order valence-corrected chi connectivity index (χ3v) is 3.99. The first-order chi connectivity index (χ1) is 7.62. The number of carbonyl (C=O) groups is 1. The zero-order chi connectivity index (χ0) is 11.8.